The normalized spacial score (nSPS) is 13.6. The molecule has 0 radical (unpaired) electrons. The molecule has 21 heavy (non-hydrogen) atoms. The van der Waals surface area contributed by atoms with Crippen LogP contribution in [0.3, 0.4) is 0 Å². The number of hydrogen-bond donors (Lipinski definition) is 0. The first-order valence-corrected chi connectivity index (χ1v) is 8.71. The van der Waals surface area contributed by atoms with Gasteiger partial charge in [-0.1, -0.05) is 13.0 Å². The van der Waals surface area contributed by atoms with Crippen molar-refractivity contribution < 1.29 is 17.5 Å². The summed E-state index contributed by atoms with van der Waals surface area (Å²) in [6, 6.07) is 3.71. The molecule has 0 aliphatic rings. The van der Waals surface area contributed by atoms with E-state index in [1.165, 1.54) is 23.5 Å². The van der Waals surface area contributed by atoms with Crippen molar-refractivity contribution in [3.05, 3.63) is 29.6 Å². The van der Waals surface area contributed by atoms with Crippen LogP contribution < -0.4 is 0 Å². The van der Waals surface area contributed by atoms with Gasteiger partial charge in [-0.2, -0.15) is 4.31 Å². The maximum Gasteiger partial charge on any atom is 0.246 e. The van der Waals surface area contributed by atoms with Crippen molar-refractivity contribution in [3.63, 3.8) is 0 Å². The summed E-state index contributed by atoms with van der Waals surface area (Å²) < 4.78 is 45.6. The Balaban J connectivity index is 3.21. The van der Waals surface area contributed by atoms with Gasteiger partial charge in [0.1, 0.15) is 10.7 Å². The lowest BCUT2D eigenvalue weighted by Crippen LogP contribution is -2.40. The van der Waals surface area contributed by atoms with Gasteiger partial charge in [-0.05, 0) is 31.0 Å². The number of methoxy groups -OCH3 is 1. The zero-order valence-electron chi connectivity index (χ0n) is 12.5. The van der Waals surface area contributed by atoms with Crippen molar-refractivity contribution in [2.24, 2.45) is 0 Å². The smallest absolute Gasteiger partial charge is 0.246 e. The summed E-state index contributed by atoms with van der Waals surface area (Å²) in [4.78, 5) is -0.326. The van der Waals surface area contributed by atoms with Crippen LogP contribution in [0.25, 0.3) is 0 Å². The molecule has 1 atom stereocenters. The summed E-state index contributed by atoms with van der Waals surface area (Å²) >= 11 is 5.63. The molecule has 0 heterocycles. The van der Waals surface area contributed by atoms with Gasteiger partial charge in [-0.25, -0.2) is 12.8 Å². The fraction of sp³-hybridized carbons (Fsp3) is 0.571. The first kappa shape index (κ1) is 18.4. The second-order valence-corrected chi connectivity index (χ2v) is 6.89. The van der Waals surface area contributed by atoms with Gasteiger partial charge >= 0.3 is 0 Å². The number of benzene rings is 1. The van der Waals surface area contributed by atoms with E-state index in [4.69, 9.17) is 16.3 Å². The number of sulfonamides is 1. The van der Waals surface area contributed by atoms with E-state index in [0.29, 0.717) is 12.0 Å². The van der Waals surface area contributed by atoms with Crippen LogP contribution in [0.2, 0.25) is 0 Å². The minimum Gasteiger partial charge on any atom is -0.383 e. The van der Waals surface area contributed by atoms with Crippen molar-refractivity contribution in [3.8, 4) is 0 Å². The summed E-state index contributed by atoms with van der Waals surface area (Å²) in [5, 5.41) is 0. The fourth-order valence-corrected chi connectivity index (χ4v) is 3.83. The second-order valence-electron chi connectivity index (χ2n) is 4.76. The third-order valence-electron chi connectivity index (χ3n) is 3.34. The van der Waals surface area contributed by atoms with E-state index in [2.05, 4.69) is 0 Å². The molecule has 0 bridgehead atoms. The molecule has 0 saturated heterocycles. The quantitative estimate of drug-likeness (QED) is 0.685. The molecule has 0 spiro atoms. The zero-order valence-corrected chi connectivity index (χ0v) is 14.0. The topological polar surface area (TPSA) is 46.6 Å². The van der Waals surface area contributed by atoms with Gasteiger partial charge in [0.05, 0.1) is 6.61 Å². The Morgan fingerprint density at radius 3 is 2.57 bits per heavy atom. The summed E-state index contributed by atoms with van der Waals surface area (Å²) in [5.41, 5.74) is 0.542. The number of ether oxygens (including phenoxy) is 1. The van der Waals surface area contributed by atoms with E-state index >= 15 is 0 Å². The summed E-state index contributed by atoms with van der Waals surface area (Å²) in [7, 11) is -2.41. The third-order valence-corrected chi connectivity index (χ3v) is 5.69. The Labute approximate surface area is 130 Å². The van der Waals surface area contributed by atoms with E-state index in [1.54, 1.807) is 6.92 Å². The summed E-state index contributed by atoms with van der Waals surface area (Å²) in [6.45, 7) is 4.11. The molecule has 1 aromatic rings. The first-order chi connectivity index (χ1) is 9.88. The Morgan fingerprint density at radius 2 is 2.10 bits per heavy atom. The van der Waals surface area contributed by atoms with Crippen LogP contribution in [0.5, 0.6) is 0 Å². The molecule has 0 saturated carbocycles. The Bertz CT molecular complexity index is 565. The van der Waals surface area contributed by atoms with Crippen LogP contribution in [-0.4, -0.2) is 39.0 Å². The van der Waals surface area contributed by atoms with E-state index < -0.39 is 15.8 Å². The molecule has 4 nitrogen and oxygen atoms in total. The van der Waals surface area contributed by atoms with Gasteiger partial charge in [-0.15, -0.1) is 11.6 Å². The van der Waals surface area contributed by atoms with E-state index in [0.717, 1.165) is 6.07 Å². The van der Waals surface area contributed by atoms with Gasteiger partial charge in [0.2, 0.25) is 10.0 Å². The fourth-order valence-electron chi connectivity index (χ4n) is 1.93. The molecule has 0 aliphatic heterocycles. The number of alkyl halides is 1. The molecular weight excluding hydrogens is 317 g/mol. The zero-order chi connectivity index (χ0) is 16.0. The van der Waals surface area contributed by atoms with Crippen molar-refractivity contribution in [1.82, 2.24) is 4.31 Å². The molecule has 1 aromatic carbocycles. The van der Waals surface area contributed by atoms with Crippen LogP contribution in [0.1, 0.15) is 25.8 Å². The average molecular weight is 338 g/mol. The maximum absolute atomic E-state index is 14.1. The molecular formula is C14H21ClFNO3S. The molecule has 1 unspecified atom stereocenters. The van der Waals surface area contributed by atoms with Crippen molar-refractivity contribution >= 4 is 21.6 Å². The number of hydrogen-bond acceptors (Lipinski definition) is 3. The van der Waals surface area contributed by atoms with Crippen molar-refractivity contribution in [2.45, 2.75) is 37.1 Å². The van der Waals surface area contributed by atoms with Gasteiger partial charge in [0.15, 0.2) is 0 Å². The predicted molar refractivity (Wildman–Crippen MR) is 81.5 cm³/mol. The minimum atomic E-state index is -3.91. The molecule has 0 aromatic heterocycles. The lowest BCUT2D eigenvalue weighted by Gasteiger charge is -2.27. The lowest BCUT2D eigenvalue weighted by atomic mass is 10.2. The third kappa shape index (κ3) is 4.39. The summed E-state index contributed by atoms with van der Waals surface area (Å²) in [5.74, 6) is -0.644. The number of rotatable bonds is 8. The SMILES string of the molecule is CCC(C)N(CCOC)S(=O)(=O)c1ccc(CCl)cc1F. The van der Waals surface area contributed by atoms with E-state index in [-0.39, 0.29) is 30.0 Å². The monoisotopic (exact) mass is 337 g/mol. The van der Waals surface area contributed by atoms with Gasteiger partial charge < -0.3 is 4.74 Å². The van der Waals surface area contributed by atoms with Crippen LogP contribution in [0.15, 0.2) is 23.1 Å². The highest BCUT2D eigenvalue weighted by atomic mass is 35.5. The highest BCUT2D eigenvalue weighted by Crippen LogP contribution is 2.23. The van der Waals surface area contributed by atoms with Gasteiger partial charge in [0.25, 0.3) is 0 Å². The Morgan fingerprint density at radius 1 is 1.43 bits per heavy atom. The van der Waals surface area contributed by atoms with Crippen molar-refractivity contribution in [2.75, 3.05) is 20.3 Å². The van der Waals surface area contributed by atoms with Crippen LogP contribution in [-0.2, 0) is 20.6 Å². The molecule has 120 valence electrons. The first-order valence-electron chi connectivity index (χ1n) is 6.73. The minimum absolute atomic E-state index is 0.135. The van der Waals surface area contributed by atoms with Crippen LogP contribution in [0.4, 0.5) is 4.39 Å². The standard InChI is InChI=1S/C14H21ClFNO3S/c1-4-11(2)17(7-8-20-3)21(18,19)14-6-5-12(10-15)9-13(14)16/h5-6,9,11H,4,7-8,10H2,1-3H3. The maximum atomic E-state index is 14.1. The average Bonchev–Trinajstić information content (AvgIpc) is 2.46. The largest absolute Gasteiger partial charge is 0.383 e. The highest BCUT2D eigenvalue weighted by Gasteiger charge is 2.30. The molecule has 7 heteroatoms. The van der Waals surface area contributed by atoms with Crippen molar-refractivity contribution in [1.29, 1.82) is 0 Å². The molecule has 0 amide bonds. The lowest BCUT2D eigenvalue weighted by molar-refractivity contribution is 0.167. The number of nitrogens with zero attached hydrogens (tertiary/aromatic N) is 1. The van der Waals surface area contributed by atoms with Crippen LogP contribution in [0, 0.1) is 5.82 Å². The molecule has 0 N–H and O–H groups in total. The predicted octanol–water partition coefficient (Wildman–Crippen LogP) is 3.00. The molecule has 1 rings (SSSR count). The summed E-state index contributed by atoms with van der Waals surface area (Å²) in [6.07, 6.45) is 0.629. The molecule has 0 aliphatic carbocycles. The second kappa shape index (κ2) is 8.08. The van der Waals surface area contributed by atoms with E-state index in [9.17, 15) is 12.8 Å². The molecule has 0 fully saturated rings. The van der Waals surface area contributed by atoms with Gasteiger partial charge in [0, 0.05) is 25.6 Å². The Kier molecular flexibility index (Phi) is 7.06. The highest BCUT2D eigenvalue weighted by molar-refractivity contribution is 7.89. The Hall–Kier alpha value is -0.690. The number of halogens is 2. The van der Waals surface area contributed by atoms with Gasteiger partial charge in [-0.3, -0.25) is 0 Å². The van der Waals surface area contributed by atoms with Crippen LogP contribution >= 0.6 is 11.6 Å². The van der Waals surface area contributed by atoms with E-state index in [1.807, 2.05) is 6.92 Å².